The molecule has 2 aliphatic rings. The number of aliphatic hydroxyl groups excluding tert-OH is 1. The lowest BCUT2D eigenvalue weighted by molar-refractivity contribution is -0.106. The van der Waals surface area contributed by atoms with Gasteiger partial charge in [0.2, 0.25) is 6.41 Å². The van der Waals surface area contributed by atoms with E-state index in [1.165, 1.54) is 17.0 Å². The van der Waals surface area contributed by atoms with Gasteiger partial charge in [-0.1, -0.05) is 17.7 Å². The first-order valence-electron chi connectivity index (χ1n) is 12.4. The zero-order valence-corrected chi connectivity index (χ0v) is 22.3. The summed E-state index contributed by atoms with van der Waals surface area (Å²) in [5.74, 6) is -0.626. The molecule has 2 aromatic carbocycles. The molecule has 2 N–H and O–H groups in total. The van der Waals surface area contributed by atoms with Gasteiger partial charge in [0.1, 0.15) is 11.6 Å². The average Bonchev–Trinajstić information content (AvgIpc) is 3.59. The van der Waals surface area contributed by atoms with Gasteiger partial charge in [-0.15, -0.1) is 0 Å². The van der Waals surface area contributed by atoms with E-state index < -0.39 is 5.82 Å². The highest BCUT2D eigenvalue weighted by molar-refractivity contribution is 6.34. The van der Waals surface area contributed by atoms with E-state index in [2.05, 4.69) is 9.88 Å². The average molecular weight is 537 g/mol. The second kappa shape index (κ2) is 9.93. The number of amides is 1. The van der Waals surface area contributed by atoms with E-state index >= 15 is 0 Å². The molecule has 1 unspecified atom stereocenters. The number of rotatable bonds is 7. The predicted octanol–water partition coefficient (Wildman–Crippen LogP) is 5.18. The Hall–Kier alpha value is -3.62. The van der Waals surface area contributed by atoms with Gasteiger partial charge in [-0.2, -0.15) is 0 Å². The van der Waals surface area contributed by atoms with Gasteiger partial charge in [0.25, 0.3) is 0 Å². The number of phenolic OH excluding ortho intramolecular Hbond substituents is 1. The Kier molecular flexibility index (Phi) is 6.79. The maximum absolute atomic E-state index is 14.9. The molecule has 1 atom stereocenters. The number of nitrogens with zero attached hydrogens (tertiary/aromatic N) is 4. The van der Waals surface area contributed by atoms with Crippen LogP contribution in [0.4, 0.5) is 15.8 Å². The Labute approximate surface area is 226 Å². The van der Waals surface area contributed by atoms with Gasteiger partial charge >= 0.3 is 0 Å². The van der Waals surface area contributed by atoms with Crippen molar-refractivity contribution in [2.75, 3.05) is 37.0 Å². The fourth-order valence-electron chi connectivity index (χ4n) is 5.08. The lowest BCUT2D eigenvalue weighted by atomic mass is 9.97. The minimum Gasteiger partial charge on any atom is -0.507 e. The molecule has 38 heavy (non-hydrogen) atoms. The Bertz CT molecular complexity index is 1420. The van der Waals surface area contributed by atoms with Crippen LogP contribution in [0.2, 0.25) is 5.02 Å². The van der Waals surface area contributed by atoms with Gasteiger partial charge in [0.15, 0.2) is 0 Å². The molecule has 5 rings (SSSR count). The molecule has 1 aliphatic heterocycles. The Morgan fingerprint density at radius 1 is 1.13 bits per heavy atom. The first-order valence-corrected chi connectivity index (χ1v) is 12.8. The molecule has 2 heterocycles. The summed E-state index contributed by atoms with van der Waals surface area (Å²) in [5, 5.41) is 22.1. The topological polar surface area (TPSA) is 80.1 Å². The van der Waals surface area contributed by atoms with Crippen molar-refractivity contribution in [3.8, 4) is 28.0 Å². The lowest BCUT2D eigenvalue weighted by Crippen LogP contribution is -2.22. The van der Waals surface area contributed by atoms with Gasteiger partial charge in [-0.05, 0) is 55.7 Å². The summed E-state index contributed by atoms with van der Waals surface area (Å²) >= 11 is 6.51. The fraction of sp³-hybridized carbons (Fsp3) is 0.310. The standard InChI is InChI=1S/C29H30ClFN4O3/c1-18-26(35-15-27(37)29(16-35)6-7-29)11-20(14-32-18)23-13-21(31)12-22(28(23)38)19-4-5-25(24(30)10-19)34(17-36)9-8-33(2)3/h4-5,8-14,17,27,37-38H,6-7,15-16H2,1-3H3/b9-8-. The molecule has 1 aromatic heterocycles. The third-order valence-electron chi connectivity index (χ3n) is 7.46. The first kappa shape index (κ1) is 26.0. The number of phenols is 1. The van der Waals surface area contributed by atoms with Crippen LogP contribution in [0.1, 0.15) is 18.5 Å². The summed E-state index contributed by atoms with van der Waals surface area (Å²) in [4.78, 5) is 21.4. The SMILES string of the molecule is Cc1ncc(-c2cc(F)cc(-c3ccc(N(C=O)/C=C\N(C)C)c(Cl)c3)c2O)cc1N1CC(O)C2(CC2)C1. The summed E-state index contributed by atoms with van der Waals surface area (Å²) in [6.07, 6.45) is 7.21. The molecule has 1 saturated carbocycles. The summed E-state index contributed by atoms with van der Waals surface area (Å²) < 4.78 is 14.9. The monoisotopic (exact) mass is 536 g/mol. The zero-order chi connectivity index (χ0) is 27.2. The highest BCUT2D eigenvalue weighted by Gasteiger charge is 2.54. The van der Waals surface area contributed by atoms with E-state index in [4.69, 9.17) is 11.6 Å². The van der Waals surface area contributed by atoms with Crippen LogP contribution >= 0.6 is 11.6 Å². The molecular weight excluding hydrogens is 507 g/mol. The van der Waals surface area contributed by atoms with Crippen molar-refractivity contribution in [1.29, 1.82) is 0 Å². The maximum atomic E-state index is 14.9. The van der Waals surface area contributed by atoms with Crippen LogP contribution in [0.25, 0.3) is 22.3 Å². The third kappa shape index (κ3) is 4.81. The normalized spacial score (nSPS) is 17.8. The lowest BCUT2D eigenvalue weighted by Gasteiger charge is -2.21. The van der Waals surface area contributed by atoms with Crippen LogP contribution in [0.5, 0.6) is 5.75 Å². The van der Waals surface area contributed by atoms with Gasteiger partial charge < -0.3 is 20.0 Å². The Morgan fingerprint density at radius 3 is 2.45 bits per heavy atom. The van der Waals surface area contributed by atoms with Crippen molar-refractivity contribution in [3.05, 3.63) is 71.5 Å². The van der Waals surface area contributed by atoms with Crippen LogP contribution in [0.15, 0.2) is 55.0 Å². The van der Waals surface area contributed by atoms with Crippen LogP contribution < -0.4 is 9.80 Å². The number of aliphatic hydroxyl groups is 1. The molecule has 1 aliphatic carbocycles. The van der Waals surface area contributed by atoms with E-state index in [0.29, 0.717) is 35.3 Å². The number of hydrogen-bond acceptors (Lipinski definition) is 6. The number of aryl methyl sites for hydroxylation is 1. The number of carbonyl (C=O) groups excluding carboxylic acids is 1. The molecular formula is C29H30ClFN4O3. The highest BCUT2D eigenvalue weighted by atomic mass is 35.5. The van der Waals surface area contributed by atoms with Crippen molar-refractivity contribution >= 4 is 29.4 Å². The van der Waals surface area contributed by atoms with E-state index in [0.717, 1.165) is 30.8 Å². The van der Waals surface area contributed by atoms with Crippen molar-refractivity contribution in [2.24, 2.45) is 5.41 Å². The van der Waals surface area contributed by atoms with Gasteiger partial charge in [-0.25, -0.2) is 4.39 Å². The molecule has 3 aromatic rings. The van der Waals surface area contributed by atoms with Crippen LogP contribution in [0, 0.1) is 18.2 Å². The molecule has 1 spiro atoms. The fourth-order valence-corrected chi connectivity index (χ4v) is 5.36. The van der Waals surface area contributed by atoms with Crippen molar-refractivity contribution < 1.29 is 19.4 Å². The van der Waals surface area contributed by atoms with Crippen LogP contribution in [-0.2, 0) is 4.79 Å². The van der Waals surface area contributed by atoms with Gasteiger partial charge in [0.05, 0.1) is 28.2 Å². The smallest absolute Gasteiger partial charge is 0.218 e. The largest absolute Gasteiger partial charge is 0.507 e. The van der Waals surface area contributed by atoms with Gasteiger partial charge in [-0.3, -0.25) is 14.7 Å². The Balaban J connectivity index is 1.51. The van der Waals surface area contributed by atoms with E-state index in [-0.39, 0.29) is 27.9 Å². The number of benzene rings is 2. The Morgan fingerprint density at radius 2 is 1.84 bits per heavy atom. The molecule has 9 heteroatoms. The summed E-state index contributed by atoms with van der Waals surface area (Å²) in [7, 11) is 3.66. The molecule has 1 amide bonds. The number of aromatic hydroxyl groups is 1. The molecule has 7 nitrogen and oxygen atoms in total. The molecule has 2 fully saturated rings. The van der Waals surface area contributed by atoms with Crippen molar-refractivity contribution in [3.63, 3.8) is 0 Å². The molecule has 0 bridgehead atoms. The maximum Gasteiger partial charge on any atom is 0.218 e. The molecule has 0 radical (unpaired) electrons. The first-order chi connectivity index (χ1) is 18.1. The molecule has 1 saturated heterocycles. The molecule has 198 valence electrons. The van der Waals surface area contributed by atoms with Gasteiger partial charge in [0, 0.05) is 67.9 Å². The number of halogens is 2. The minimum atomic E-state index is -0.521. The van der Waals surface area contributed by atoms with Crippen molar-refractivity contribution in [2.45, 2.75) is 25.9 Å². The van der Waals surface area contributed by atoms with E-state index in [1.54, 1.807) is 41.7 Å². The van der Waals surface area contributed by atoms with Crippen LogP contribution in [0.3, 0.4) is 0 Å². The zero-order valence-electron chi connectivity index (χ0n) is 21.5. The summed E-state index contributed by atoms with van der Waals surface area (Å²) in [5.41, 5.74) is 3.74. The van der Waals surface area contributed by atoms with Crippen molar-refractivity contribution in [1.82, 2.24) is 9.88 Å². The number of aromatic nitrogens is 1. The van der Waals surface area contributed by atoms with E-state index in [9.17, 15) is 19.4 Å². The second-order valence-corrected chi connectivity index (χ2v) is 10.8. The number of anilines is 2. The number of hydrogen-bond donors (Lipinski definition) is 2. The minimum absolute atomic E-state index is 0.0241. The van der Waals surface area contributed by atoms with E-state index in [1.807, 2.05) is 27.1 Å². The third-order valence-corrected chi connectivity index (χ3v) is 7.76. The predicted molar refractivity (Wildman–Crippen MR) is 148 cm³/mol. The number of pyridine rings is 1. The summed E-state index contributed by atoms with van der Waals surface area (Å²) in [6, 6.07) is 9.35. The summed E-state index contributed by atoms with van der Waals surface area (Å²) in [6.45, 7) is 3.19. The van der Waals surface area contributed by atoms with Crippen LogP contribution in [-0.4, -0.2) is 59.8 Å². The quantitative estimate of drug-likeness (QED) is 0.405. The highest BCUT2D eigenvalue weighted by Crippen LogP contribution is 2.54. The number of carbonyl (C=O) groups is 1. The number of β-amino-alcohol motifs (C(OH)–C–C–N with tert-alkyl or cyclic N) is 1. The second-order valence-electron chi connectivity index (χ2n) is 10.4.